The lowest BCUT2D eigenvalue weighted by Gasteiger charge is -2.32. The van der Waals surface area contributed by atoms with Gasteiger partial charge in [-0.1, -0.05) is 11.6 Å². The second-order valence-electron chi connectivity index (χ2n) is 3.50. The van der Waals surface area contributed by atoms with E-state index in [0.717, 1.165) is 25.5 Å². The fraction of sp³-hybridized carbons (Fsp3) is 0.556. The molecule has 1 aliphatic rings. The van der Waals surface area contributed by atoms with Crippen LogP contribution in [0.5, 0.6) is 0 Å². The number of nitrogens with one attached hydrogen (secondary N) is 1. The predicted molar refractivity (Wildman–Crippen MR) is 56.7 cm³/mol. The van der Waals surface area contributed by atoms with E-state index in [9.17, 15) is 0 Å². The van der Waals surface area contributed by atoms with E-state index in [1.807, 2.05) is 0 Å². The highest BCUT2D eigenvalue weighted by atomic mass is 35.5. The van der Waals surface area contributed by atoms with Crippen molar-refractivity contribution in [3.63, 3.8) is 0 Å². The number of aromatic nitrogens is 2. The Morgan fingerprint density at radius 1 is 1.64 bits per heavy atom. The molecule has 0 unspecified atom stereocenters. The van der Waals surface area contributed by atoms with Crippen molar-refractivity contribution >= 4 is 17.4 Å². The van der Waals surface area contributed by atoms with Crippen LogP contribution in [0.15, 0.2) is 12.5 Å². The molecular formula is C9H13ClN4. The third-order valence-corrected chi connectivity index (χ3v) is 2.58. The zero-order valence-corrected chi connectivity index (χ0v) is 8.83. The van der Waals surface area contributed by atoms with Gasteiger partial charge < -0.3 is 10.2 Å². The summed E-state index contributed by atoms with van der Waals surface area (Å²) >= 11 is 6.02. The van der Waals surface area contributed by atoms with Crippen LogP contribution in [-0.2, 0) is 0 Å². The topological polar surface area (TPSA) is 41.1 Å². The minimum absolute atomic E-state index is 0.481. The maximum atomic E-state index is 6.02. The van der Waals surface area contributed by atoms with Crippen molar-refractivity contribution in [3.05, 3.63) is 17.5 Å². The molecule has 1 fully saturated rings. The van der Waals surface area contributed by atoms with Crippen molar-refractivity contribution in [2.24, 2.45) is 0 Å². The zero-order valence-electron chi connectivity index (χ0n) is 8.07. The standard InChI is InChI=1S/C9H13ClN4/c1-7-5-14(3-2-12-7)9-8(10)4-11-6-13-9/h4,6-7,12H,2-3,5H2,1H3/t7-/m1/s1. The van der Waals surface area contributed by atoms with Crippen LogP contribution in [-0.4, -0.2) is 35.6 Å². The first-order valence-corrected chi connectivity index (χ1v) is 5.09. The van der Waals surface area contributed by atoms with Crippen molar-refractivity contribution in [1.29, 1.82) is 0 Å². The number of piperazine rings is 1. The molecule has 0 spiro atoms. The third kappa shape index (κ3) is 1.96. The molecule has 1 aliphatic heterocycles. The van der Waals surface area contributed by atoms with E-state index in [-0.39, 0.29) is 0 Å². The molecule has 0 amide bonds. The monoisotopic (exact) mass is 212 g/mol. The Labute approximate surface area is 88.3 Å². The van der Waals surface area contributed by atoms with E-state index in [0.29, 0.717) is 11.1 Å². The normalized spacial score (nSPS) is 22.4. The molecule has 14 heavy (non-hydrogen) atoms. The molecule has 1 N–H and O–H groups in total. The van der Waals surface area contributed by atoms with Gasteiger partial charge in [0.15, 0.2) is 5.82 Å². The van der Waals surface area contributed by atoms with Gasteiger partial charge in [0.05, 0.1) is 6.20 Å². The van der Waals surface area contributed by atoms with Crippen LogP contribution >= 0.6 is 11.6 Å². The summed E-state index contributed by atoms with van der Waals surface area (Å²) in [6.45, 7) is 5.01. The minimum Gasteiger partial charge on any atom is -0.352 e. The minimum atomic E-state index is 0.481. The summed E-state index contributed by atoms with van der Waals surface area (Å²) in [5.74, 6) is 0.843. The Balaban J connectivity index is 2.18. The van der Waals surface area contributed by atoms with E-state index in [4.69, 9.17) is 11.6 Å². The molecule has 1 atom stereocenters. The fourth-order valence-electron chi connectivity index (χ4n) is 1.66. The highest BCUT2D eigenvalue weighted by Gasteiger charge is 2.18. The lowest BCUT2D eigenvalue weighted by Crippen LogP contribution is -2.49. The molecule has 1 aromatic heterocycles. The second kappa shape index (κ2) is 4.11. The van der Waals surface area contributed by atoms with Gasteiger partial charge in [0, 0.05) is 25.7 Å². The number of nitrogens with zero attached hydrogens (tertiary/aromatic N) is 3. The van der Waals surface area contributed by atoms with Gasteiger partial charge in [0.25, 0.3) is 0 Å². The Morgan fingerprint density at radius 3 is 3.21 bits per heavy atom. The summed E-state index contributed by atoms with van der Waals surface area (Å²) < 4.78 is 0. The van der Waals surface area contributed by atoms with Crippen molar-refractivity contribution in [2.45, 2.75) is 13.0 Å². The Morgan fingerprint density at radius 2 is 2.50 bits per heavy atom. The van der Waals surface area contributed by atoms with E-state index in [2.05, 4.69) is 27.1 Å². The summed E-state index contributed by atoms with van der Waals surface area (Å²) in [7, 11) is 0. The van der Waals surface area contributed by atoms with Gasteiger partial charge in [0.1, 0.15) is 11.3 Å². The van der Waals surface area contributed by atoms with Gasteiger partial charge >= 0.3 is 0 Å². The highest BCUT2D eigenvalue weighted by molar-refractivity contribution is 6.32. The smallest absolute Gasteiger partial charge is 0.150 e. The van der Waals surface area contributed by atoms with E-state index >= 15 is 0 Å². The molecule has 0 aromatic carbocycles. The molecule has 5 heteroatoms. The molecule has 76 valence electrons. The van der Waals surface area contributed by atoms with Crippen LogP contribution < -0.4 is 10.2 Å². The Bertz CT molecular complexity index is 317. The Kier molecular flexibility index (Phi) is 2.84. The third-order valence-electron chi connectivity index (χ3n) is 2.32. The van der Waals surface area contributed by atoms with Crippen molar-refractivity contribution < 1.29 is 0 Å². The van der Waals surface area contributed by atoms with Crippen LogP contribution in [0.3, 0.4) is 0 Å². The fourth-order valence-corrected chi connectivity index (χ4v) is 1.89. The van der Waals surface area contributed by atoms with Gasteiger partial charge in [-0.3, -0.25) is 0 Å². The van der Waals surface area contributed by atoms with Crippen molar-refractivity contribution in [2.75, 3.05) is 24.5 Å². The van der Waals surface area contributed by atoms with E-state index < -0.39 is 0 Å². The number of hydrogen-bond acceptors (Lipinski definition) is 4. The van der Waals surface area contributed by atoms with Crippen LogP contribution in [0.25, 0.3) is 0 Å². The summed E-state index contributed by atoms with van der Waals surface area (Å²) in [6.07, 6.45) is 3.17. The van der Waals surface area contributed by atoms with Crippen molar-refractivity contribution in [3.8, 4) is 0 Å². The lowest BCUT2D eigenvalue weighted by atomic mass is 10.2. The van der Waals surface area contributed by atoms with Gasteiger partial charge in [-0.05, 0) is 6.92 Å². The van der Waals surface area contributed by atoms with Crippen molar-refractivity contribution in [1.82, 2.24) is 15.3 Å². The van der Waals surface area contributed by atoms with Crippen LogP contribution in [0.2, 0.25) is 5.02 Å². The van der Waals surface area contributed by atoms with E-state index in [1.54, 1.807) is 6.20 Å². The number of anilines is 1. The predicted octanol–water partition coefficient (Wildman–Crippen LogP) is 0.928. The van der Waals surface area contributed by atoms with Crippen LogP contribution in [0.4, 0.5) is 5.82 Å². The second-order valence-corrected chi connectivity index (χ2v) is 3.90. The molecule has 1 saturated heterocycles. The summed E-state index contributed by atoms with van der Waals surface area (Å²) in [6, 6.07) is 0.481. The molecule has 0 saturated carbocycles. The number of hydrogen-bond donors (Lipinski definition) is 1. The van der Waals surface area contributed by atoms with Crippen LogP contribution in [0.1, 0.15) is 6.92 Å². The molecule has 1 aromatic rings. The molecule has 2 rings (SSSR count). The van der Waals surface area contributed by atoms with Gasteiger partial charge in [-0.15, -0.1) is 0 Å². The van der Waals surface area contributed by atoms with Crippen LogP contribution in [0, 0.1) is 0 Å². The molecule has 0 bridgehead atoms. The number of rotatable bonds is 1. The van der Waals surface area contributed by atoms with Gasteiger partial charge in [0.2, 0.25) is 0 Å². The maximum absolute atomic E-state index is 6.02. The Hall–Kier alpha value is -0.870. The summed E-state index contributed by atoms with van der Waals surface area (Å²) in [4.78, 5) is 10.3. The molecular weight excluding hydrogens is 200 g/mol. The first-order valence-electron chi connectivity index (χ1n) is 4.71. The largest absolute Gasteiger partial charge is 0.352 e. The average Bonchev–Trinajstić information content (AvgIpc) is 2.18. The molecule has 0 aliphatic carbocycles. The maximum Gasteiger partial charge on any atom is 0.150 e. The summed E-state index contributed by atoms with van der Waals surface area (Å²) in [5, 5.41) is 4.00. The molecule has 2 heterocycles. The average molecular weight is 213 g/mol. The quantitative estimate of drug-likeness (QED) is 0.752. The molecule has 4 nitrogen and oxygen atoms in total. The zero-order chi connectivity index (χ0) is 9.97. The lowest BCUT2D eigenvalue weighted by molar-refractivity contribution is 0.482. The van der Waals surface area contributed by atoms with Gasteiger partial charge in [-0.25, -0.2) is 9.97 Å². The molecule has 0 radical (unpaired) electrons. The first-order chi connectivity index (χ1) is 6.77. The SMILES string of the molecule is C[C@@H]1CN(c2ncncc2Cl)CCN1. The summed E-state index contributed by atoms with van der Waals surface area (Å²) in [5.41, 5.74) is 0. The number of halogens is 1. The first kappa shape index (κ1) is 9.68. The highest BCUT2D eigenvalue weighted by Crippen LogP contribution is 2.21. The van der Waals surface area contributed by atoms with Gasteiger partial charge in [-0.2, -0.15) is 0 Å². The van der Waals surface area contributed by atoms with E-state index in [1.165, 1.54) is 6.33 Å².